The summed E-state index contributed by atoms with van der Waals surface area (Å²) in [7, 11) is 1.95. The molecule has 0 saturated heterocycles. The largest absolute Gasteiger partial charge is 0.311 e. The number of rotatable bonds is 5. The molecule has 5 heteroatoms. The predicted molar refractivity (Wildman–Crippen MR) is 70.2 cm³/mol. The molecule has 1 unspecified atom stereocenters. The minimum Gasteiger partial charge on any atom is -0.311 e. The van der Waals surface area contributed by atoms with Crippen molar-refractivity contribution >= 4 is 0 Å². The molecular formula is C13H19N5. The Hall–Kier alpha value is -1.75. The van der Waals surface area contributed by atoms with E-state index in [2.05, 4.69) is 33.5 Å². The summed E-state index contributed by atoms with van der Waals surface area (Å²) < 4.78 is 1.94. The fourth-order valence-corrected chi connectivity index (χ4v) is 1.94. The summed E-state index contributed by atoms with van der Waals surface area (Å²) in [5.74, 6) is 0.803. The molecule has 0 spiro atoms. The summed E-state index contributed by atoms with van der Waals surface area (Å²) in [4.78, 5) is 8.59. The quantitative estimate of drug-likeness (QED) is 0.867. The van der Waals surface area contributed by atoms with E-state index in [1.807, 2.05) is 30.9 Å². The van der Waals surface area contributed by atoms with Crippen LogP contribution in [0.5, 0.6) is 0 Å². The molecule has 0 radical (unpaired) electrons. The second-order valence-electron chi connectivity index (χ2n) is 4.28. The molecule has 5 nitrogen and oxygen atoms in total. The summed E-state index contributed by atoms with van der Waals surface area (Å²) in [5, 5.41) is 7.58. The lowest BCUT2D eigenvalue weighted by molar-refractivity contribution is 0.571. The SMILES string of the molecule is CCn1cc(CC(NC)c2ccnc(C)n2)cn1. The van der Waals surface area contributed by atoms with E-state index in [9.17, 15) is 0 Å². The molecule has 0 fully saturated rings. The van der Waals surface area contributed by atoms with Crippen molar-refractivity contribution in [1.82, 2.24) is 25.1 Å². The summed E-state index contributed by atoms with van der Waals surface area (Å²) in [5.41, 5.74) is 2.24. The number of aryl methyl sites for hydroxylation is 2. The van der Waals surface area contributed by atoms with Crippen LogP contribution >= 0.6 is 0 Å². The average molecular weight is 245 g/mol. The number of aromatic nitrogens is 4. The van der Waals surface area contributed by atoms with Crippen LogP contribution in [0.4, 0.5) is 0 Å². The Morgan fingerprint density at radius 3 is 2.89 bits per heavy atom. The van der Waals surface area contributed by atoms with Gasteiger partial charge in [-0.15, -0.1) is 0 Å². The van der Waals surface area contributed by atoms with Gasteiger partial charge in [-0.25, -0.2) is 9.97 Å². The van der Waals surface area contributed by atoms with E-state index in [4.69, 9.17) is 0 Å². The van der Waals surface area contributed by atoms with Crippen LogP contribution in [-0.2, 0) is 13.0 Å². The molecule has 0 saturated carbocycles. The van der Waals surface area contributed by atoms with Gasteiger partial charge in [-0.3, -0.25) is 4.68 Å². The van der Waals surface area contributed by atoms with Crippen molar-refractivity contribution in [2.45, 2.75) is 32.9 Å². The number of nitrogens with one attached hydrogen (secondary N) is 1. The number of nitrogens with zero attached hydrogens (tertiary/aromatic N) is 4. The van der Waals surface area contributed by atoms with Crippen molar-refractivity contribution < 1.29 is 0 Å². The highest BCUT2D eigenvalue weighted by atomic mass is 15.3. The zero-order chi connectivity index (χ0) is 13.0. The molecule has 0 aromatic carbocycles. The second-order valence-corrected chi connectivity index (χ2v) is 4.28. The van der Waals surface area contributed by atoms with E-state index < -0.39 is 0 Å². The smallest absolute Gasteiger partial charge is 0.125 e. The normalized spacial score (nSPS) is 12.6. The van der Waals surface area contributed by atoms with E-state index >= 15 is 0 Å². The highest BCUT2D eigenvalue weighted by Gasteiger charge is 2.13. The highest BCUT2D eigenvalue weighted by Crippen LogP contribution is 2.15. The van der Waals surface area contributed by atoms with Gasteiger partial charge in [0.05, 0.1) is 17.9 Å². The molecule has 2 aromatic heterocycles. The second kappa shape index (κ2) is 5.73. The van der Waals surface area contributed by atoms with Crippen LogP contribution in [-0.4, -0.2) is 26.8 Å². The Morgan fingerprint density at radius 1 is 1.44 bits per heavy atom. The number of hydrogen-bond acceptors (Lipinski definition) is 4. The first-order chi connectivity index (χ1) is 8.72. The predicted octanol–water partition coefficient (Wildman–Crippen LogP) is 1.50. The average Bonchev–Trinajstić information content (AvgIpc) is 2.83. The molecule has 2 rings (SSSR count). The third-order valence-corrected chi connectivity index (χ3v) is 2.95. The van der Waals surface area contributed by atoms with Gasteiger partial charge in [0.25, 0.3) is 0 Å². The standard InChI is InChI=1S/C13H19N5/c1-4-18-9-11(8-16-18)7-13(14-3)12-5-6-15-10(2)17-12/h5-6,8-9,13-14H,4,7H2,1-3H3. The Bertz CT molecular complexity index is 506. The van der Waals surface area contributed by atoms with Crippen LogP contribution in [0, 0.1) is 6.92 Å². The molecule has 0 aliphatic heterocycles. The third kappa shape index (κ3) is 2.92. The van der Waals surface area contributed by atoms with E-state index in [0.29, 0.717) is 0 Å². The van der Waals surface area contributed by atoms with Gasteiger partial charge in [-0.1, -0.05) is 0 Å². The maximum Gasteiger partial charge on any atom is 0.125 e. The van der Waals surface area contributed by atoms with Crippen molar-refractivity contribution in [3.8, 4) is 0 Å². The van der Waals surface area contributed by atoms with Crippen molar-refractivity contribution in [1.29, 1.82) is 0 Å². The maximum absolute atomic E-state index is 4.47. The van der Waals surface area contributed by atoms with Crippen LogP contribution in [0.15, 0.2) is 24.7 Å². The Balaban J connectivity index is 2.14. The highest BCUT2D eigenvalue weighted by molar-refractivity contribution is 5.14. The fourth-order valence-electron chi connectivity index (χ4n) is 1.94. The van der Waals surface area contributed by atoms with Crippen LogP contribution in [0.1, 0.15) is 30.0 Å². The summed E-state index contributed by atoms with van der Waals surface area (Å²) >= 11 is 0. The van der Waals surface area contributed by atoms with Gasteiger partial charge in [-0.2, -0.15) is 5.10 Å². The molecule has 1 atom stereocenters. The van der Waals surface area contributed by atoms with Crippen molar-refractivity contribution in [3.63, 3.8) is 0 Å². The Labute approximate surface area is 107 Å². The molecular weight excluding hydrogens is 226 g/mol. The maximum atomic E-state index is 4.47. The van der Waals surface area contributed by atoms with Crippen LogP contribution < -0.4 is 5.32 Å². The first-order valence-corrected chi connectivity index (χ1v) is 6.21. The third-order valence-electron chi connectivity index (χ3n) is 2.95. The van der Waals surface area contributed by atoms with Gasteiger partial charge in [0.15, 0.2) is 0 Å². The molecule has 96 valence electrons. The van der Waals surface area contributed by atoms with Crippen molar-refractivity contribution in [2.75, 3.05) is 7.05 Å². The lowest BCUT2D eigenvalue weighted by Crippen LogP contribution is -2.20. The lowest BCUT2D eigenvalue weighted by atomic mass is 10.1. The summed E-state index contributed by atoms with van der Waals surface area (Å²) in [6.07, 6.45) is 6.69. The monoisotopic (exact) mass is 245 g/mol. The molecule has 0 bridgehead atoms. The van der Waals surface area contributed by atoms with Gasteiger partial charge in [0.2, 0.25) is 0 Å². The zero-order valence-electron chi connectivity index (χ0n) is 11.1. The minimum absolute atomic E-state index is 0.196. The summed E-state index contributed by atoms with van der Waals surface area (Å²) in [6, 6.07) is 2.15. The Morgan fingerprint density at radius 2 is 2.28 bits per heavy atom. The van der Waals surface area contributed by atoms with Crippen molar-refractivity contribution in [2.24, 2.45) is 0 Å². The first kappa shape index (κ1) is 12.7. The van der Waals surface area contributed by atoms with E-state index in [1.165, 1.54) is 5.56 Å². The van der Waals surface area contributed by atoms with Crippen LogP contribution in [0.3, 0.4) is 0 Å². The van der Waals surface area contributed by atoms with E-state index in [-0.39, 0.29) is 6.04 Å². The van der Waals surface area contributed by atoms with Gasteiger partial charge in [-0.05, 0) is 38.9 Å². The van der Waals surface area contributed by atoms with Gasteiger partial charge >= 0.3 is 0 Å². The molecule has 0 aliphatic carbocycles. The zero-order valence-corrected chi connectivity index (χ0v) is 11.1. The van der Waals surface area contributed by atoms with Crippen LogP contribution in [0.25, 0.3) is 0 Å². The number of hydrogen-bond donors (Lipinski definition) is 1. The molecule has 2 heterocycles. The van der Waals surface area contributed by atoms with Gasteiger partial charge in [0, 0.05) is 18.9 Å². The van der Waals surface area contributed by atoms with Gasteiger partial charge < -0.3 is 5.32 Å². The van der Waals surface area contributed by atoms with Crippen LogP contribution in [0.2, 0.25) is 0 Å². The Kier molecular flexibility index (Phi) is 4.04. The molecule has 2 aromatic rings. The van der Waals surface area contributed by atoms with E-state index in [0.717, 1.165) is 24.5 Å². The van der Waals surface area contributed by atoms with Crippen molar-refractivity contribution in [3.05, 3.63) is 41.7 Å². The first-order valence-electron chi connectivity index (χ1n) is 6.21. The van der Waals surface area contributed by atoms with Gasteiger partial charge in [0.1, 0.15) is 5.82 Å². The molecule has 0 aliphatic rings. The van der Waals surface area contributed by atoms with E-state index in [1.54, 1.807) is 6.20 Å². The topological polar surface area (TPSA) is 55.6 Å². The number of likely N-dealkylation sites (N-methyl/N-ethyl adjacent to an activating group) is 1. The fraction of sp³-hybridized carbons (Fsp3) is 0.462. The minimum atomic E-state index is 0.196. The molecule has 0 amide bonds. The summed E-state index contributed by atoms with van der Waals surface area (Å²) in [6.45, 7) is 4.89. The lowest BCUT2D eigenvalue weighted by Gasteiger charge is -2.14. The molecule has 1 N–H and O–H groups in total. The molecule has 18 heavy (non-hydrogen) atoms.